The second-order valence-corrected chi connectivity index (χ2v) is 16.0. The quantitative estimate of drug-likeness (QED) is 0.170. The summed E-state index contributed by atoms with van der Waals surface area (Å²) in [6.07, 6.45) is 0. The zero-order valence-electron chi connectivity index (χ0n) is 30.9. The van der Waals surface area contributed by atoms with Gasteiger partial charge in [0.05, 0.1) is 21.4 Å². The monoisotopic (exact) mass is 742 g/mol. The molecule has 0 aliphatic rings. The molecule has 0 amide bonds. The van der Waals surface area contributed by atoms with Crippen molar-refractivity contribution in [2.45, 2.75) is 0 Å². The maximum absolute atomic E-state index is 2.47. The Labute approximate surface area is 333 Å². The molecule has 3 heteroatoms. The lowest BCUT2D eigenvalue weighted by Crippen LogP contribution is -2.10. The number of hydrogen-bond donors (Lipinski definition) is 0. The normalized spacial score (nSPS) is 11.9. The Morgan fingerprint density at radius 1 is 0.368 bits per heavy atom. The van der Waals surface area contributed by atoms with Crippen molar-refractivity contribution in [3.8, 4) is 16.8 Å². The van der Waals surface area contributed by atoms with Crippen molar-refractivity contribution in [1.82, 2.24) is 4.57 Å². The molecule has 2 nitrogen and oxygen atoms in total. The fraction of sp³-hybridized carbons (Fsp3) is 0. The fourth-order valence-electron chi connectivity index (χ4n) is 9.04. The Kier molecular flexibility index (Phi) is 7.13. The summed E-state index contributed by atoms with van der Waals surface area (Å²) in [6.45, 7) is 0. The highest BCUT2D eigenvalue weighted by atomic mass is 32.1. The molecular weight excluding hydrogens is 709 g/mol. The van der Waals surface area contributed by atoms with E-state index in [9.17, 15) is 0 Å². The van der Waals surface area contributed by atoms with Gasteiger partial charge in [0.25, 0.3) is 0 Å². The Hall–Kier alpha value is -7.20. The second kappa shape index (κ2) is 12.7. The highest BCUT2D eigenvalue weighted by Crippen LogP contribution is 2.47. The first-order valence-electron chi connectivity index (χ1n) is 19.5. The molecule has 0 aliphatic carbocycles. The summed E-state index contributed by atoms with van der Waals surface area (Å²) in [5.74, 6) is 0. The van der Waals surface area contributed by atoms with Gasteiger partial charge in [-0.05, 0) is 116 Å². The van der Waals surface area contributed by atoms with Gasteiger partial charge in [0.2, 0.25) is 0 Å². The van der Waals surface area contributed by atoms with Crippen LogP contribution in [-0.4, -0.2) is 4.57 Å². The summed E-state index contributed by atoms with van der Waals surface area (Å²) < 4.78 is 4.99. The molecular formula is C54H34N2S. The molecule has 10 aromatic carbocycles. The van der Waals surface area contributed by atoms with Crippen LogP contribution in [0.5, 0.6) is 0 Å². The number of benzene rings is 10. The molecule has 0 fully saturated rings. The van der Waals surface area contributed by atoms with Gasteiger partial charge in [-0.2, -0.15) is 0 Å². The maximum Gasteiger partial charge on any atom is 0.0640 e. The Bertz CT molecular complexity index is 3530. The van der Waals surface area contributed by atoms with Crippen LogP contribution >= 0.6 is 11.3 Å². The highest BCUT2D eigenvalue weighted by molar-refractivity contribution is 7.26. The molecule has 0 spiro atoms. The second-order valence-electron chi connectivity index (χ2n) is 14.9. The van der Waals surface area contributed by atoms with Crippen molar-refractivity contribution in [3.63, 3.8) is 0 Å². The third kappa shape index (κ3) is 5.10. The summed E-state index contributed by atoms with van der Waals surface area (Å²) >= 11 is 1.87. The average molecular weight is 743 g/mol. The molecule has 0 saturated carbocycles. The van der Waals surface area contributed by atoms with Crippen molar-refractivity contribution in [3.05, 3.63) is 206 Å². The van der Waals surface area contributed by atoms with Crippen LogP contribution in [0.3, 0.4) is 0 Å². The predicted molar refractivity (Wildman–Crippen MR) is 246 cm³/mol. The minimum absolute atomic E-state index is 1.11. The molecule has 57 heavy (non-hydrogen) atoms. The number of aromatic nitrogens is 1. The zero-order chi connectivity index (χ0) is 37.5. The van der Waals surface area contributed by atoms with E-state index in [0.29, 0.717) is 0 Å². The SMILES string of the molecule is c1ccc2cc(-c3cc(N(c4ccc(-n5c6ccccc6c6cc7ccccc7cc65)cc4)c4cccc5c4sc4ccccc45)cc4ccccc34)ccc2c1. The van der Waals surface area contributed by atoms with Crippen LogP contribution in [0.25, 0.3) is 91.1 Å². The third-order valence-electron chi connectivity index (χ3n) is 11.7. The summed E-state index contributed by atoms with van der Waals surface area (Å²) in [6, 6.07) is 75.9. The number of anilines is 3. The van der Waals surface area contributed by atoms with Gasteiger partial charge < -0.3 is 9.47 Å². The van der Waals surface area contributed by atoms with E-state index < -0.39 is 0 Å². The van der Waals surface area contributed by atoms with E-state index in [-0.39, 0.29) is 0 Å². The Morgan fingerprint density at radius 2 is 1.02 bits per heavy atom. The minimum Gasteiger partial charge on any atom is -0.309 e. The smallest absolute Gasteiger partial charge is 0.0640 e. The lowest BCUT2D eigenvalue weighted by atomic mass is 9.95. The number of rotatable bonds is 5. The maximum atomic E-state index is 2.47. The van der Waals surface area contributed by atoms with Gasteiger partial charge in [0.1, 0.15) is 0 Å². The largest absolute Gasteiger partial charge is 0.309 e. The first-order chi connectivity index (χ1) is 28.2. The molecule has 0 N–H and O–H groups in total. The molecule has 2 heterocycles. The van der Waals surface area contributed by atoms with Crippen LogP contribution in [0.15, 0.2) is 206 Å². The van der Waals surface area contributed by atoms with Crippen molar-refractivity contribution in [2.75, 3.05) is 4.90 Å². The van der Waals surface area contributed by atoms with Crippen LogP contribution in [0, 0.1) is 0 Å². The minimum atomic E-state index is 1.11. The van der Waals surface area contributed by atoms with Gasteiger partial charge in [0, 0.05) is 43.3 Å². The molecule has 0 atom stereocenters. The Balaban J connectivity index is 1.09. The molecule has 12 aromatic rings. The lowest BCUT2D eigenvalue weighted by molar-refractivity contribution is 1.18. The molecule has 12 rings (SSSR count). The Morgan fingerprint density at radius 3 is 1.84 bits per heavy atom. The molecule has 0 bridgehead atoms. The summed E-state index contributed by atoms with van der Waals surface area (Å²) in [4.78, 5) is 2.47. The van der Waals surface area contributed by atoms with Crippen LogP contribution in [0.1, 0.15) is 0 Å². The topological polar surface area (TPSA) is 8.17 Å². The van der Waals surface area contributed by atoms with Crippen LogP contribution in [0.4, 0.5) is 17.1 Å². The molecule has 0 aliphatic heterocycles. The lowest BCUT2D eigenvalue weighted by Gasteiger charge is -2.27. The highest BCUT2D eigenvalue weighted by Gasteiger charge is 2.21. The van der Waals surface area contributed by atoms with Gasteiger partial charge in [0.15, 0.2) is 0 Å². The number of fused-ring (bicyclic) bond motifs is 9. The van der Waals surface area contributed by atoms with Crippen LogP contribution < -0.4 is 4.90 Å². The van der Waals surface area contributed by atoms with E-state index >= 15 is 0 Å². The zero-order valence-corrected chi connectivity index (χ0v) is 31.7. The summed E-state index contributed by atoms with van der Waals surface area (Å²) in [5.41, 5.74) is 9.38. The van der Waals surface area contributed by atoms with Gasteiger partial charge >= 0.3 is 0 Å². The number of para-hydroxylation sites is 1. The molecule has 0 saturated heterocycles. The van der Waals surface area contributed by atoms with E-state index in [4.69, 9.17) is 0 Å². The first-order valence-corrected chi connectivity index (χ1v) is 20.3. The van der Waals surface area contributed by atoms with E-state index in [1.807, 2.05) is 11.3 Å². The first kappa shape index (κ1) is 32.1. The number of nitrogens with zero attached hydrogens (tertiary/aromatic N) is 2. The van der Waals surface area contributed by atoms with Crippen LogP contribution in [0.2, 0.25) is 0 Å². The van der Waals surface area contributed by atoms with Gasteiger partial charge in [-0.15, -0.1) is 11.3 Å². The predicted octanol–water partition coefficient (Wildman–Crippen LogP) is 15.7. The van der Waals surface area contributed by atoms with Crippen LogP contribution in [-0.2, 0) is 0 Å². The number of hydrogen-bond acceptors (Lipinski definition) is 2. The van der Waals surface area contributed by atoms with Gasteiger partial charge in [-0.3, -0.25) is 0 Å². The standard InChI is InChI=1S/C54H34N2S/c1-2-13-36-30-40(25-24-35(36)12-1)48-34-43(31-39-16-5-6-17-44(39)48)55(51-22-11-20-47-46-19-8-10-23-53(46)57-54(47)51)41-26-28-42(29-27-41)56-50-21-9-7-18-45(50)49-32-37-14-3-4-15-38(37)33-52(49)56/h1-34H. The molecule has 2 aromatic heterocycles. The van der Waals surface area contributed by atoms with Crippen molar-refractivity contribution in [2.24, 2.45) is 0 Å². The molecule has 0 unspecified atom stereocenters. The molecule has 266 valence electrons. The van der Waals surface area contributed by atoms with Gasteiger partial charge in [-0.1, -0.05) is 133 Å². The van der Waals surface area contributed by atoms with E-state index in [1.165, 1.54) is 91.1 Å². The summed E-state index contributed by atoms with van der Waals surface area (Å²) in [5, 5.41) is 12.5. The van der Waals surface area contributed by atoms with Crippen molar-refractivity contribution in [1.29, 1.82) is 0 Å². The third-order valence-corrected chi connectivity index (χ3v) is 12.9. The van der Waals surface area contributed by atoms with Gasteiger partial charge in [-0.25, -0.2) is 0 Å². The van der Waals surface area contributed by atoms with E-state index in [0.717, 1.165) is 17.1 Å². The van der Waals surface area contributed by atoms with Crippen molar-refractivity contribution >= 4 is 103 Å². The van der Waals surface area contributed by atoms with Crippen molar-refractivity contribution < 1.29 is 0 Å². The summed E-state index contributed by atoms with van der Waals surface area (Å²) in [7, 11) is 0. The fourth-order valence-corrected chi connectivity index (χ4v) is 10.2. The number of thiophene rings is 1. The average Bonchev–Trinajstić information content (AvgIpc) is 3.81. The van der Waals surface area contributed by atoms with E-state index in [2.05, 4.69) is 216 Å². The molecule has 0 radical (unpaired) electrons. The van der Waals surface area contributed by atoms with E-state index in [1.54, 1.807) is 0 Å².